The molecule has 1 N–H and O–H groups in total. The molecule has 0 bridgehead atoms. The van der Waals surface area contributed by atoms with Crippen molar-refractivity contribution in [2.24, 2.45) is 5.92 Å². The number of pyridine rings is 1. The lowest BCUT2D eigenvalue weighted by atomic mass is 10.1. The lowest BCUT2D eigenvalue weighted by molar-refractivity contribution is 0.0696. The summed E-state index contributed by atoms with van der Waals surface area (Å²) < 4.78 is 13.3. The van der Waals surface area contributed by atoms with Crippen molar-refractivity contribution in [3.05, 3.63) is 23.6 Å². The molecule has 0 atom stereocenters. The predicted molar refractivity (Wildman–Crippen MR) is 77.7 cm³/mol. The summed E-state index contributed by atoms with van der Waals surface area (Å²) in [6.45, 7) is 8.96. The first-order chi connectivity index (χ1) is 9.40. The third-order valence-electron chi connectivity index (χ3n) is 3.28. The molecule has 0 aliphatic heterocycles. The Kier molecular flexibility index (Phi) is 5.92. The van der Waals surface area contributed by atoms with E-state index in [9.17, 15) is 14.3 Å². The van der Waals surface area contributed by atoms with Gasteiger partial charge in [-0.15, -0.1) is 0 Å². The number of aromatic nitrogens is 1. The Morgan fingerprint density at radius 1 is 1.40 bits per heavy atom. The fourth-order valence-corrected chi connectivity index (χ4v) is 2.35. The number of hydrogen-bond acceptors (Lipinski definition) is 3. The van der Waals surface area contributed by atoms with E-state index in [2.05, 4.69) is 32.7 Å². The molecule has 0 radical (unpaired) electrons. The minimum absolute atomic E-state index is 0.0717. The average Bonchev–Trinajstić information content (AvgIpc) is 2.38. The number of anilines is 1. The van der Waals surface area contributed by atoms with Gasteiger partial charge >= 0.3 is 5.97 Å². The zero-order valence-corrected chi connectivity index (χ0v) is 12.6. The molecule has 0 aromatic carbocycles. The van der Waals surface area contributed by atoms with Gasteiger partial charge in [0.15, 0.2) is 0 Å². The number of nitrogens with zero attached hydrogens (tertiary/aromatic N) is 2. The summed E-state index contributed by atoms with van der Waals surface area (Å²) in [6.07, 6.45) is 2.86. The van der Waals surface area contributed by atoms with E-state index in [1.54, 1.807) is 0 Å². The Morgan fingerprint density at radius 2 is 2.00 bits per heavy atom. The number of hydrogen-bond donors (Lipinski definition) is 1. The summed E-state index contributed by atoms with van der Waals surface area (Å²) in [7, 11) is 0. The average molecular weight is 282 g/mol. The van der Waals surface area contributed by atoms with Crippen molar-refractivity contribution >= 4 is 11.8 Å². The second-order valence-electron chi connectivity index (χ2n) is 5.35. The van der Waals surface area contributed by atoms with E-state index in [1.165, 1.54) is 0 Å². The van der Waals surface area contributed by atoms with Gasteiger partial charge in [0.25, 0.3) is 0 Å². The molecule has 1 aromatic rings. The van der Waals surface area contributed by atoms with Gasteiger partial charge in [-0.25, -0.2) is 14.2 Å². The third-order valence-corrected chi connectivity index (χ3v) is 3.28. The Morgan fingerprint density at radius 3 is 2.45 bits per heavy atom. The van der Waals surface area contributed by atoms with Gasteiger partial charge in [-0.3, -0.25) is 0 Å². The maximum atomic E-state index is 13.3. The van der Waals surface area contributed by atoms with Gasteiger partial charge in [0.2, 0.25) is 0 Å². The van der Waals surface area contributed by atoms with E-state index in [0.717, 1.165) is 25.1 Å². The monoisotopic (exact) mass is 282 g/mol. The summed E-state index contributed by atoms with van der Waals surface area (Å²) in [6, 6.07) is 1.24. The van der Waals surface area contributed by atoms with Gasteiger partial charge in [-0.1, -0.05) is 27.7 Å². The molecular weight excluding hydrogens is 259 g/mol. The molecule has 4 nitrogen and oxygen atoms in total. The number of rotatable bonds is 7. The fraction of sp³-hybridized carbons (Fsp3) is 0.600. The van der Waals surface area contributed by atoms with E-state index < -0.39 is 11.8 Å². The first kappa shape index (κ1) is 16.4. The molecule has 5 heteroatoms. The van der Waals surface area contributed by atoms with E-state index >= 15 is 0 Å². The van der Waals surface area contributed by atoms with Gasteiger partial charge in [0, 0.05) is 12.6 Å². The van der Waals surface area contributed by atoms with Crippen molar-refractivity contribution in [1.82, 2.24) is 4.98 Å². The number of halogens is 1. The number of carboxylic acids is 1. The van der Waals surface area contributed by atoms with Crippen LogP contribution in [0.1, 0.15) is 50.9 Å². The number of aromatic carboxylic acids is 1. The molecule has 112 valence electrons. The molecule has 1 rings (SSSR count). The van der Waals surface area contributed by atoms with E-state index in [1.807, 2.05) is 4.90 Å². The standard InChI is InChI=1S/C15H23FN2O2/c1-5-12(6-2)18(9-10(3)4)14-13(15(19)20)7-11(16)8-17-14/h7-8,10,12H,5-6,9H2,1-4H3,(H,19,20). The molecule has 0 amide bonds. The van der Waals surface area contributed by atoms with Crippen molar-refractivity contribution in [3.8, 4) is 0 Å². The smallest absolute Gasteiger partial charge is 0.339 e. The molecule has 20 heavy (non-hydrogen) atoms. The van der Waals surface area contributed by atoms with Crippen LogP contribution in [0.3, 0.4) is 0 Å². The van der Waals surface area contributed by atoms with Crippen LogP contribution < -0.4 is 4.90 Å². The largest absolute Gasteiger partial charge is 0.478 e. The predicted octanol–water partition coefficient (Wildman–Crippen LogP) is 3.57. The zero-order chi connectivity index (χ0) is 15.3. The van der Waals surface area contributed by atoms with Crippen LogP contribution in [-0.2, 0) is 0 Å². The molecule has 0 aliphatic carbocycles. The van der Waals surface area contributed by atoms with Crippen molar-refractivity contribution in [2.45, 2.75) is 46.6 Å². The minimum atomic E-state index is -1.15. The van der Waals surface area contributed by atoms with Crippen LogP contribution in [0.4, 0.5) is 10.2 Å². The van der Waals surface area contributed by atoms with Gasteiger partial charge in [0.1, 0.15) is 17.2 Å². The van der Waals surface area contributed by atoms with Crippen LogP contribution in [-0.4, -0.2) is 28.6 Å². The van der Waals surface area contributed by atoms with Crippen LogP contribution in [0.2, 0.25) is 0 Å². The summed E-state index contributed by atoms with van der Waals surface area (Å²) in [5, 5.41) is 9.27. The molecule has 0 aliphatic rings. The molecule has 0 fully saturated rings. The number of carboxylic acid groups (broad SMARTS) is 1. The summed E-state index contributed by atoms with van der Waals surface area (Å²) in [4.78, 5) is 17.4. The van der Waals surface area contributed by atoms with Crippen molar-refractivity contribution < 1.29 is 14.3 Å². The first-order valence-corrected chi connectivity index (χ1v) is 7.06. The van der Waals surface area contributed by atoms with Crippen molar-refractivity contribution in [1.29, 1.82) is 0 Å². The molecule has 0 saturated carbocycles. The lowest BCUT2D eigenvalue weighted by Crippen LogP contribution is -2.39. The molecular formula is C15H23FN2O2. The zero-order valence-electron chi connectivity index (χ0n) is 12.6. The summed E-state index contributed by atoms with van der Waals surface area (Å²) in [5.74, 6) is -1.04. The van der Waals surface area contributed by atoms with Crippen LogP contribution in [0, 0.1) is 11.7 Å². The summed E-state index contributed by atoms with van der Waals surface area (Å²) in [5.41, 5.74) is -0.0717. The highest BCUT2D eigenvalue weighted by Gasteiger charge is 2.24. The highest BCUT2D eigenvalue weighted by molar-refractivity contribution is 5.93. The maximum Gasteiger partial charge on any atom is 0.339 e. The highest BCUT2D eigenvalue weighted by atomic mass is 19.1. The SMILES string of the molecule is CCC(CC)N(CC(C)C)c1ncc(F)cc1C(=O)O. The van der Waals surface area contributed by atoms with E-state index in [-0.39, 0.29) is 11.6 Å². The Hall–Kier alpha value is -1.65. The first-order valence-electron chi connectivity index (χ1n) is 7.06. The third kappa shape index (κ3) is 3.92. The second-order valence-corrected chi connectivity index (χ2v) is 5.35. The number of carbonyl (C=O) groups is 1. The van der Waals surface area contributed by atoms with Crippen LogP contribution in [0.5, 0.6) is 0 Å². The Balaban J connectivity index is 3.28. The van der Waals surface area contributed by atoms with Crippen molar-refractivity contribution in [3.63, 3.8) is 0 Å². The molecule has 0 unspecified atom stereocenters. The van der Waals surface area contributed by atoms with Crippen LogP contribution >= 0.6 is 0 Å². The van der Waals surface area contributed by atoms with Crippen LogP contribution in [0.15, 0.2) is 12.3 Å². The second kappa shape index (κ2) is 7.22. The molecule has 0 saturated heterocycles. The minimum Gasteiger partial charge on any atom is -0.478 e. The topological polar surface area (TPSA) is 53.4 Å². The highest BCUT2D eigenvalue weighted by Crippen LogP contribution is 2.24. The molecule has 1 aromatic heterocycles. The van der Waals surface area contributed by atoms with Gasteiger partial charge in [0.05, 0.1) is 6.20 Å². The van der Waals surface area contributed by atoms with Gasteiger partial charge < -0.3 is 10.0 Å². The summed E-state index contributed by atoms with van der Waals surface area (Å²) >= 11 is 0. The fourth-order valence-electron chi connectivity index (χ4n) is 2.35. The van der Waals surface area contributed by atoms with E-state index in [4.69, 9.17) is 0 Å². The van der Waals surface area contributed by atoms with E-state index in [0.29, 0.717) is 18.3 Å². The quantitative estimate of drug-likeness (QED) is 0.830. The van der Waals surface area contributed by atoms with Gasteiger partial charge in [-0.05, 0) is 24.8 Å². The maximum absolute atomic E-state index is 13.3. The lowest BCUT2D eigenvalue weighted by Gasteiger charge is -2.33. The normalized spacial score (nSPS) is 11.2. The van der Waals surface area contributed by atoms with Crippen LogP contribution in [0.25, 0.3) is 0 Å². The Labute approximate surface area is 119 Å². The molecule has 0 spiro atoms. The Bertz CT molecular complexity index is 459. The van der Waals surface area contributed by atoms with Crippen molar-refractivity contribution in [2.75, 3.05) is 11.4 Å². The van der Waals surface area contributed by atoms with Gasteiger partial charge in [-0.2, -0.15) is 0 Å². The molecule has 1 heterocycles.